The summed E-state index contributed by atoms with van der Waals surface area (Å²) in [5.41, 5.74) is 0. The van der Waals surface area contributed by atoms with Crippen LogP contribution in [0, 0.1) is 0 Å². The third-order valence-corrected chi connectivity index (χ3v) is 3.91. The quantitative estimate of drug-likeness (QED) is 0.330. The fourth-order valence-corrected chi connectivity index (χ4v) is 1.35. The van der Waals surface area contributed by atoms with E-state index in [9.17, 15) is 0 Å². The molecule has 0 aromatic rings. The normalized spacial score (nSPS) is 10.4. The molecule has 0 saturated heterocycles. The maximum absolute atomic E-state index is 4.48. The Morgan fingerprint density at radius 3 is 2.25 bits per heavy atom. The van der Waals surface area contributed by atoms with Crippen LogP contribution in [0.15, 0.2) is 4.66 Å². The Hall–Kier alpha value is 0.0169. The Morgan fingerprint density at radius 2 is 2.12 bits per heavy atom. The first-order chi connectivity index (χ1) is 3.62. The minimum absolute atomic E-state index is 1.15. The first kappa shape index (κ1) is 8.02. The molecule has 0 aliphatic carbocycles. The maximum atomic E-state index is 4.48. The van der Waals surface area contributed by atoms with E-state index in [-0.39, 0.29) is 0 Å². The van der Waals surface area contributed by atoms with Crippen molar-refractivity contribution in [3.8, 4) is 0 Å². The predicted molar refractivity (Wildman–Crippen MR) is 43.0 cm³/mol. The van der Waals surface area contributed by atoms with E-state index < -0.39 is 8.24 Å². The molecule has 1 nitrogen and oxygen atoms in total. The summed E-state index contributed by atoms with van der Waals surface area (Å²) in [5.74, 6) is 0. The van der Waals surface area contributed by atoms with E-state index in [2.05, 4.69) is 42.1 Å². The van der Waals surface area contributed by atoms with Gasteiger partial charge in [-0.15, -0.1) is 0 Å². The lowest BCUT2D eigenvalue weighted by Crippen LogP contribution is -2.19. The van der Waals surface area contributed by atoms with Crippen molar-refractivity contribution in [3.63, 3.8) is 0 Å². The lowest BCUT2D eigenvalue weighted by molar-refractivity contribution is 1.33. The van der Waals surface area contributed by atoms with Crippen molar-refractivity contribution in [3.05, 3.63) is 0 Å². The van der Waals surface area contributed by atoms with Crippen LogP contribution in [0.2, 0.25) is 19.1 Å². The molecule has 3 heteroatoms. The van der Waals surface area contributed by atoms with Gasteiger partial charge in [-0.2, -0.15) is 0 Å². The topological polar surface area (TPSA) is 12.4 Å². The van der Waals surface area contributed by atoms with E-state index in [0.717, 1.165) is 6.04 Å². The predicted octanol–water partition coefficient (Wildman–Crippen LogP) is 2.31. The number of hydrogen-bond donors (Lipinski definition) is 0. The molecule has 0 atom stereocenters. The highest BCUT2D eigenvalue weighted by molar-refractivity contribution is 7.78. The van der Waals surface area contributed by atoms with Gasteiger partial charge in [0.2, 0.25) is 0 Å². The zero-order valence-electron chi connectivity index (χ0n) is 5.56. The smallest absolute Gasteiger partial charge is 0.188 e. The number of thiocarbonyl (C=S) groups is 1. The molecular weight excluding hydrogens is 134 g/mol. The molecular formula is C5H11NSSi. The summed E-state index contributed by atoms with van der Waals surface area (Å²) < 4.78 is 4.08. The van der Waals surface area contributed by atoms with Crippen LogP contribution in [0.3, 0.4) is 0 Å². The molecule has 0 N–H and O–H groups in total. The molecule has 0 aromatic heterocycles. The summed E-state index contributed by atoms with van der Waals surface area (Å²) in [6.45, 7) is 6.49. The van der Waals surface area contributed by atoms with E-state index in [4.69, 9.17) is 0 Å². The van der Waals surface area contributed by atoms with Crippen LogP contribution >= 0.6 is 12.2 Å². The summed E-state index contributed by atoms with van der Waals surface area (Å²) in [6, 6.07) is 1.15. The van der Waals surface area contributed by atoms with Crippen molar-refractivity contribution in [2.24, 2.45) is 4.66 Å². The second-order valence-electron chi connectivity index (χ2n) is 2.37. The minimum atomic E-state index is -1.27. The van der Waals surface area contributed by atoms with Gasteiger partial charge >= 0.3 is 0 Å². The highest BCUT2D eigenvalue weighted by atomic mass is 32.1. The second-order valence-corrected chi connectivity index (χ2v) is 7.11. The summed E-state index contributed by atoms with van der Waals surface area (Å²) in [4.78, 5) is 0. The fraction of sp³-hybridized carbons (Fsp3) is 0.800. The first-order valence-electron chi connectivity index (χ1n) is 2.71. The van der Waals surface area contributed by atoms with Gasteiger partial charge < -0.3 is 0 Å². The second kappa shape index (κ2) is 3.12. The fourth-order valence-electron chi connectivity index (χ4n) is 0.203. The molecule has 0 unspecified atom stereocenters. The molecule has 0 rings (SSSR count). The van der Waals surface area contributed by atoms with Crippen molar-refractivity contribution in [2.75, 3.05) is 0 Å². The Labute approximate surface area is 56.9 Å². The van der Waals surface area contributed by atoms with Crippen LogP contribution in [-0.4, -0.2) is 13.4 Å². The Balaban J connectivity index is 3.90. The van der Waals surface area contributed by atoms with Gasteiger partial charge in [0.15, 0.2) is 8.24 Å². The molecule has 0 heterocycles. The molecule has 0 amide bonds. The Bertz CT molecular complexity index is 116. The van der Waals surface area contributed by atoms with Crippen LogP contribution in [0.1, 0.15) is 6.92 Å². The van der Waals surface area contributed by atoms with Gasteiger partial charge in [0.05, 0.1) is 0 Å². The van der Waals surface area contributed by atoms with Crippen LogP contribution in [0.25, 0.3) is 0 Å². The molecule has 0 saturated carbocycles. The third kappa shape index (κ3) is 3.08. The average molecular weight is 145 g/mol. The van der Waals surface area contributed by atoms with Gasteiger partial charge in [-0.3, -0.25) is 4.66 Å². The molecule has 0 aliphatic rings. The standard InChI is InChI=1S/C5H11NSSi/c1-4-8(2,3)6-5-7/h4H2,1-3H3. The summed E-state index contributed by atoms with van der Waals surface area (Å²) >= 11 is 4.48. The van der Waals surface area contributed by atoms with Crippen LogP contribution < -0.4 is 0 Å². The van der Waals surface area contributed by atoms with E-state index in [1.54, 1.807) is 0 Å². The molecule has 0 bridgehead atoms. The van der Waals surface area contributed by atoms with Gasteiger partial charge in [0.25, 0.3) is 0 Å². The number of rotatable bonds is 2. The number of hydrogen-bond acceptors (Lipinski definition) is 2. The zero-order chi connectivity index (χ0) is 6.62. The molecule has 0 aromatic carbocycles. The molecule has 0 fully saturated rings. The maximum Gasteiger partial charge on any atom is 0.188 e. The van der Waals surface area contributed by atoms with Crippen molar-refractivity contribution >= 4 is 25.6 Å². The van der Waals surface area contributed by atoms with Crippen LogP contribution in [-0.2, 0) is 0 Å². The zero-order valence-corrected chi connectivity index (χ0v) is 7.38. The summed E-state index contributed by atoms with van der Waals surface area (Å²) in [7, 11) is -1.27. The average Bonchev–Trinajstić information content (AvgIpc) is 1.67. The molecule has 8 heavy (non-hydrogen) atoms. The molecule has 0 spiro atoms. The molecule has 0 aliphatic heterocycles. The van der Waals surface area contributed by atoms with E-state index in [0.29, 0.717) is 0 Å². The van der Waals surface area contributed by atoms with Crippen LogP contribution in [0.5, 0.6) is 0 Å². The van der Waals surface area contributed by atoms with Gasteiger partial charge in [-0.25, -0.2) is 0 Å². The molecule has 46 valence electrons. The van der Waals surface area contributed by atoms with Crippen molar-refractivity contribution in [1.82, 2.24) is 0 Å². The van der Waals surface area contributed by atoms with E-state index >= 15 is 0 Å². The Kier molecular flexibility index (Phi) is 3.13. The third-order valence-electron chi connectivity index (χ3n) is 1.21. The van der Waals surface area contributed by atoms with E-state index in [1.807, 2.05) is 0 Å². The van der Waals surface area contributed by atoms with Gasteiger partial charge in [-0.1, -0.05) is 6.92 Å². The first-order valence-corrected chi connectivity index (χ1v) is 6.27. The van der Waals surface area contributed by atoms with Gasteiger partial charge in [-0.05, 0) is 31.4 Å². The van der Waals surface area contributed by atoms with Crippen molar-refractivity contribution in [2.45, 2.75) is 26.1 Å². The molecule has 0 radical (unpaired) electrons. The lowest BCUT2D eigenvalue weighted by Gasteiger charge is -2.08. The summed E-state index contributed by atoms with van der Waals surface area (Å²) in [6.07, 6.45) is 0. The van der Waals surface area contributed by atoms with Crippen molar-refractivity contribution < 1.29 is 0 Å². The Morgan fingerprint density at radius 1 is 1.62 bits per heavy atom. The van der Waals surface area contributed by atoms with Gasteiger partial charge in [0.1, 0.15) is 0 Å². The minimum Gasteiger partial charge on any atom is -0.274 e. The number of isothiocyanates is 1. The monoisotopic (exact) mass is 145 g/mol. The highest BCUT2D eigenvalue weighted by Crippen LogP contribution is 2.07. The summed E-state index contributed by atoms with van der Waals surface area (Å²) in [5, 5.41) is 2.43. The highest BCUT2D eigenvalue weighted by Gasteiger charge is 2.15. The largest absolute Gasteiger partial charge is 0.274 e. The van der Waals surface area contributed by atoms with Crippen LogP contribution in [0.4, 0.5) is 0 Å². The van der Waals surface area contributed by atoms with Gasteiger partial charge in [0, 0.05) is 5.16 Å². The van der Waals surface area contributed by atoms with Crippen molar-refractivity contribution in [1.29, 1.82) is 0 Å². The number of nitrogens with zero attached hydrogens (tertiary/aromatic N) is 1. The SMILES string of the molecule is CC[Si](C)(C)N=C=S. The lowest BCUT2D eigenvalue weighted by atomic mass is 11.0. The van der Waals surface area contributed by atoms with E-state index in [1.165, 1.54) is 0 Å².